The van der Waals surface area contributed by atoms with Crippen LogP contribution in [0.25, 0.3) is 0 Å². The molecule has 0 aliphatic carbocycles. The minimum atomic E-state index is 0.0954. The average molecular weight is 253 g/mol. The molecule has 0 aromatic carbocycles. The zero-order valence-electron chi connectivity index (χ0n) is 10.4. The second-order valence-electron chi connectivity index (χ2n) is 4.41. The van der Waals surface area contributed by atoms with E-state index in [1.807, 2.05) is 6.92 Å². The van der Waals surface area contributed by atoms with Crippen molar-refractivity contribution in [2.45, 2.75) is 33.1 Å². The van der Waals surface area contributed by atoms with Gasteiger partial charge < -0.3 is 10.6 Å². The Hall–Kier alpha value is -0.940. The quantitative estimate of drug-likeness (QED) is 0.865. The molecule has 1 aliphatic rings. The molecule has 0 spiro atoms. The second kappa shape index (κ2) is 5.60. The monoisotopic (exact) mass is 253 g/mol. The molecule has 4 nitrogen and oxygen atoms in total. The molecule has 0 radical (unpaired) electrons. The molecule has 1 fully saturated rings. The molecule has 1 saturated heterocycles. The Bertz CT molecular complexity index is 396. The number of piperidine rings is 1. The Morgan fingerprint density at radius 2 is 2.47 bits per heavy atom. The first-order chi connectivity index (χ1) is 8.20. The predicted molar refractivity (Wildman–Crippen MR) is 70.5 cm³/mol. The van der Waals surface area contributed by atoms with Crippen LogP contribution in [0.15, 0.2) is 0 Å². The molecular formula is C12H19N3OS. The maximum Gasteiger partial charge on any atom is 0.230 e. The summed E-state index contributed by atoms with van der Waals surface area (Å²) in [6, 6.07) is 0. The van der Waals surface area contributed by atoms with E-state index in [1.165, 1.54) is 4.88 Å². The molecule has 1 aromatic heterocycles. The van der Waals surface area contributed by atoms with Crippen LogP contribution < -0.4 is 10.6 Å². The lowest BCUT2D eigenvalue weighted by atomic mass is 9.99. The van der Waals surface area contributed by atoms with Crippen molar-refractivity contribution in [1.82, 2.24) is 10.3 Å². The van der Waals surface area contributed by atoms with Crippen LogP contribution in [0.3, 0.4) is 0 Å². The van der Waals surface area contributed by atoms with Crippen molar-refractivity contribution in [1.29, 1.82) is 0 Å². The summed E-state index contributed by atoms with van der Waals surface area (Å²) in [5.74, 6) is 0.201. The van der Waals surface area contributed by atoms with Gasteiger partial charge in [0.1, 0.15) is 0 Å². The van der Waals surface area contributed by atoms with E-state index in [0.717, 1.165) is 43.2 Å². The Kier molecular flexibility index (Phi) is 4.12. The van der Waals surface area contributed by atoms with E-state index in [4.69, 9.17) is 0 Å². The summed E-state index contributed by atoms with van der Waals surface area (Å²) in [5, 5.41) is 6.93. The number of nitrogens with zero attached hydrogens (tertiary/aromatic N) is 1. The molecule has 1 aromatic rings. The number of amides is 1. The summed E-state index contributed by atoms with van der Waals surface area (Å²) in [6.07, 6.45) is 2.97. The van der Waals surface area contributed by atoms with Gasteiger partial charge in [-0.25, -0.2) is 4.98 Å². The van der Waals surface area contributed by atoms with E-state index < -0.39 is 0 Å². The van der Waals surface area contributed by atoms with Gasteiger partial charge in [0.2, 0.25) is 5.91 Å². The SMILES string of the molecule is CCc1nc(NC(=O)[C@H]2CCCNC2)sc1C. The van der Waals surface area contributed by atoms with Gasteiger partial charge in [-0.2, -0.15) is 0 Å². The first-order valence-electron chi connectivity index (χ1n) is 6.18. The normalized spacial score (nSPS) is 20.2. The zero-order chi connectivity index (χ0) is 12.3. The predicted octanol–water partition coefficient (Wildman–Crippen LogP) is 1.95. The average Bonchev–Trinajstić information content (AvgIpc) is 2.70. The van der Waals surface area contributed by atoms with Gasteiger partial charge in [0.25, 0.3) is 0 Å². The first-order valence-corrected chi connectivity index (χ1v) is 7.00. The van der Waals surface area contributed by atoms with Crippen LogP contribution in [0.4, 0.5) is 5.13 Å². The summed E-state index contributed by atoms with van der Waals surface area (Å²) in [5.41, 5.74) is 1.09. The van der Waals surface area contributed by atoms with Gasteiger partial charge in [-0.05, 0) is 32.7 Å². The number of carbonyl (C=O) groups excluding carboxylic acids is 1. The first kappa shape index (κ1) is 12.5. The second-order valence-corrected chi connectivity index (χ2v) is 5.61. The lowest BCUT2D eigenvalue weighted by Crippen LogP contribution is -2.37. The highest BCUT2D eigenvalue weighted by Gasteiger charge is 2.21. The van der Waals surface area contributed by atoms with Crippen LogP contribution in [-0.2, 0) is 11.2 Å². The van der Waals surface area contributed by atoms with E-state index in [2.05, 4.69) is 22.5 Å². The number of anilines is 1. The summed E-state index contributed by atoms with van der Waals surface area (Å²) in [4.78, 5) is 17.6. The van der Waals surface area contributed by atoms with Gasteiger partial charge in [0.15, 0.2) is 5.13 Å². The summed E-state index contributed by atoms with van der Waals surface area (Å²) < 4.78 is 0. The lowest BCUT2D eigenvalue weighted by Gasteiger charge is -2.21. The van der Waals surface area contributed by atoms with E-state index in [1.54, 1.807) is 11.3 Å². The maximum absolute atomic E-state index is 12.0. The third kappa shape index (κ3) is 3.04. The number of hydrogen-bond donors (Lipinski definition) is 2. The summed E-state index contributed by atoms with van der Waals surface area (Å²) in [7, 11) is 0. The molecule has 2 N–H and O–H groups in total. The molecule has 94 valence electrons. The van der Waals surface area contributed by atoms with Crippen LogP contribution in [0.2, 0.25) is 0 Å². The number of aromatic nitrogens is 1. The zero-order valence-corrected chi connectivity index (χ0v) is 11.2. The molecule has 0 unspecified atom stereocenters. The molecule has 5 heteroatoms. The summed E-state index contributed by atoms with van der Waals surface area (Å²) in [6.45, 7) is 5.95. The molecule has 1 aliphatic heterocycles. The highest BCUT2D eigenvalue weighted by molar-refractivity contribution is 7.15. The molecule has 1 atom stereocenters. The number of thiazole rings is 1. The van der Waals surface area contributed by atoms with Crippen molar-refractivity contribution in [2.75, 3.05) is 18.4 Å². The third-order valence-electron chi connectivity index (χ3n) is 3.13. The van der Waals surface area contributed by atoms with E-state index in [-0.39, 0.29) is 11.8 Å². The Morgan fingerprint density at radius 3 is 3.06 bits per heavy atom. The highest BCUT2D eigenvalue weighted by atomic mass is 32.1. The number of rotatable bonds is 3. The minimum Gasteiger partial charge on any atom is -0.316 e. The molecule has 2 heterocycles. The van der Waals surface area contributed by atoms with Crippen molar-refractivity contribution < 1.29 is 4.79 Å². The van der Waals surface area contributed by atoms with Crippen LogP contribution in [0.5, 0.6) is 0 Å². The maximum atomic E-state index is 12.0. The Balaban J connectivity index is 1.97. The topological polar surface area (TPSA) is 54.0 Å². The van der Waals surface area contributed by atoms with Crippen molar-refractivity contribution in [3.8, 4) is 0 Å². The van der Waals surface area contributed by atoms with Crippen LogP contribution in [0.1, 0.15) is 30.3 Å². The Morgan fingerprint density at radius 1 is 1.65 bits per heavy atom. The lowest BCUT2D eigenvalue weighted by molar-refractivity contribution is -0.120. The molecule has 0 saturated carbocycles. The molecule has 2 rings (SSSR count). The number of nitrogens with one attached hydrogen (secondary N) is 2. The fourth-order valence-corrected chi connectivity index (χ4v) is 3.00. The van der Waals surface area contributed by atoms with Crippen molar-refractivity contribution in [3.63, 3.8) is 0 Å². The van der Waals surface area contributed by atoms with E-state index >= 15 is 0 Å². The number of aryl methyl sites for hydroxylation is 2. The standard InChI is InChI=1S/C12H19N3OS/c1-3-10-8(2)17-12(14-10)15-11(16)9-5-4-6-13-7-9/h9,13H,3-7H2,1-2H3,(H,14,15,16)/t9-/m0/s1. The van der Waals surface area contributed by atoms with Crippen molar-refractivity contribution >= 4 is 22.4 Å². The van der Waals surface area contributed by atoms with Gasteiger partial charge in [-0.15, -0.1) is 11.3 Å². The third-order valence-corrected chi connectivity index (χ3v) is 4.05. The smallest absolute Gasteiger partial charge is 0.230 e. The fourth-order valence-electron chi connectivity index (χ4n) is 2.09. The number of hydrogen-bond acceptors (Lipinski definition) is 4. The van der Waals surface area contributed by atoms with Crippen LogP contribution in [0, 0.1) is 12.8 Å². The van der Waals surface area contributed by atoms with Crippen molar-refractivity contribution in [2.24, 2.45) is 5.92 Å². The number of carbonyl (C=O) groups is 1. The summed E-state index contributed by atoms with van der Waals surface area (Å²) >= 11 is 1.57. The van der Waals surface area contributed by atoms with Gasteiger partial charge >= 0.3 is 0 Å². The van der Waals surface area contributed by atoms with Crippen LogP contribution in [-0.4, -0.2) is 24.0 Å². The Labute approximate surface area is 106 Å². The molecular weight excluding hydrogens is 234 g/mol. The van der Waals surface area contributed by atoms with Gasteiger partial charge in [-0.1, -0.05) is 6.92 Å². The van der Waals surface area contributed by atoms with Gasteiger partial charge in [-0.3, -0.25) is 4.79 Å². The van der Waals surface area contributed by atoms with E-state index in [0.29, 0.717) is 0 Å². The van der Waals surface area contributed by atoms with Crippen LogP contribution >= 0.6 is 11.3 Å². The van der Waals surface area contributed by atoms with Crippen molar-refractivity contribution in [3.05, 3.63) is 10.6 Å². The molecule has 17 heavy (non-hydrogen) atoms. The fraction of sp³-hybridized carbons (Fsp3) is 0.667. The van der Waals surface area contributed by atoms with E-state index in [9.17, 15) is 4.79 Å². The molecule has 1 amide bonds. The largest absolute Gasteiger partial charge is 0.316 e. The minimum absolute atomic E-state index is 0.0954. The van der Waals surface area contributed by atoms with Gasteiger partial charge in [0.05, 0.1) is 11.6 Å². The highest BCUT2D eigenvalue weighted by Crippen LogP contribution is 2.23. The molecule has 0 bridgehead atoms. The van der Waals surface area contributed by atoms with Gasteiger partial charge in [0, 0.05) is 11.4 Å².